The Morgan fingerprint density at radius 2 is 2.17 bits per heavy atom. The number of hydrogen-bond acceptors (Lipinski definition) is 1. The smallest absolute Gasteiger partial charge is 0.129 e. The van der Waals surface area contributed by atoms with Gasteiger partial charge in [0.25, 0.3) is 0 Å². The minimum atomic E-state index is -0.505. The summed E-state index contributed by atoms with van der Waals surface area (Å²) in [7, 11) is 0. The van der Waals surface area contributed by atoms with Crippen molar-refractivity contribution >= 4 is 10.9 Å². The van der Waals surface area contributed by atoms with Crippen molar-refractivity contribution in [1.29, 1.82) is 0 Å². The van der Waals surface area contributed by atoms with Crippen molar-refractivity contribution in [1.82, 2.24) is 4.98 Å². The van der Waals surface area contributed by atoms with E-state index < -0.39 is 6.67 Å². The molecule has 1 aromatic heterocycles. The number of alkyl halides is 1. The Kier molecular flexibility index (Phi) is 1.50. The van der Waals surface area contributed by atoms with Gasteiger partial charge in [0.15, 0.2) is 0 Å². The third-order valence-electron chi connectivity index (χ3n) is 1.80. The predicted octanol–water partition coefficient (Wildman–Crippen LogP) is 2.34. The number of hydrogen-bond donors (Lipinski definition) is 2. The Morgan fingerprint density at radius 3 is 2.92 bits per heavy atom. The molecule has 2 N–H and O–H groups in total. The normalized spacial score (nSPS) is 10.8. The van der Waals surface area contributed by atoms with Crippen molar-refractivity contribution < 1.29 is 9.50 Å². The Bertz CT molecular complexity index is 408. The van der Waals surface area contributed by atoms with Crippen molar-refractivity contribution in [2.24, 2.45) is 0 Å². The van der Waals surface area contributed by atoms with E-state index in [1.54, 1.807) is 24.3 Å². The second kappa shape index (κ2) is 2.52. The van der Waals surface area contributed by atoms with Gasteiger partial charge in [0.1, 0.15) is 12.4 Å². The zero-order valence-electron chi connectivity index (χ0n) is 6.34. The molecule has 12 heavy (non-hydrogen) atoms. The summed E-state index contributed by atoms with van der Waals surface area (Å²) < 4.78 is 12.2. The van der Waals surface area contributed by atoms with Crippen LogP contribution in [0.15, 0.2) is 24.3 Å². The molecule has 0 unspecified atom stereocenters. The molecule has 0 atom stereocenters. The van der Waals surface area contributed by atoms with E-state index in [0.29, 0.717) is 5.69 Å². The third-order valence-corrected chi connectivity index (χ3v) is 1.80. The van der Waals surface area contributed by atoms with E-state index in [4.69, 9.17) is 5.11 Å². The molecular weight excluding hydrogens is 157 g/mol. The van der Waals surface area contributed by atoms with Gasteiger partial charge in [-0.05, 0) is 24.3 Å². The Hall–Kier alpha value is -1.51. The van der Waals surface area contributed by atoms with E-state index in [1.165, 1.54) is 0 Å². The molecule has 0 aliphatic rings. The molecule has 62 valence electrons. The van der Waals surface area contributed by atoms with Gasteiger partial charge < -0.3 is 10.1 Å². The fraction of sp³-hybridized carbons (Fsp3) is 0.111. The molecule has 1 aromatic carbocycles. The van der Waals surface area contributed by atoms with Crippen molar-refractivity contribution in [3.63, 3.8) is 0 Å². The summed E-state index contributed by atoms with van der Waals surface area (Å²) in [5, 5.41) is 9.94. The molecule has 0 saturated heterocycles. The fourth-order valence-corrected chi connectivity index (χ4v) is 1.25. The van der Waals surface area contributed by atoms with Gasteiger partial charge in [-0.1, -0.05) is 0 Å². The number of halogens is 1. The summed E-state index contributed by atoms with van der Waals surface area (Å²) in [4.78, 5) is 2.89. The summed E-state index contributed by atoms with van der Waals surface area (Å²) in [6, 6.07) is 6.59. The second-order valence-electron chi connectivity index (χ2n) is 2.70. The fourth-order valence-electron chi connectivity index (χ4n) is 1.25. The van der Waals surface area contributed by atoms with E-state index >= 15 is 0 Å². The topological polar surface area (TPSA) is 36.0 Å². The predicted molar refractivity (Wildman–Crippen MR) is 44.8 cm³/mol. The molecule has 3 heteroatoms. The quantitative estimate of drug-likeness (QED) is 0.668. The molecule has 0 saturated carbocycles. The van der Waals surface area contributed by atoms with Crippen LogP contribution in [0.2, 0.25) is 0 Å². The molecule has 0 spiro atoms. The Morgan fingerprint density at radius 1 is 1.33 bits per heavy atom. The highest BCUT2D eigenvalue weighted by Crippen LogP contribution is 2.20. The first kappa shape index (κ1) is 7.16. The van der Waals surface area contributed by atoms with E-state index in [9.17, 15) is 4.39 Å². The molecule has 1 heterocycles. The molecule has 2 rings (SSSR count). The van der Waals surface area contributed by atoms with Crippen molar-refractivity contribution in [2.45, 2.75) is 6.67 Å². The van der Waals surface area contributed by atoms with Crippen molar-refractivity contribution in [3.05, 3.63) is 30.0 Å². The van der Waals surface area contributed by atoms with E-state index in [0.717, 1.165) is 10.9 Å². The van der Waals surface area contributed by atoms with Gasteiger partial charge in [-0.15, -0.1) is 0 Å². The number of aromatic hydroxyl groups is 1. The number of nitrogens with one attached hydrogen (secondary N) is 1. The lowest BCUT2D eigenvalue weighted by atomic mass is 10.2. The molecule has 0 aliphatic carbocycles. The maximum atomic E-state index is 12.2. The highest BCUT2D eigenvalue weighted by Gasteiger charge is 1.99. The molecule has 0 fully saturated rings. The lowest BCUT2D eigenvalue weighted by Crippen LogP contribution is -1.73. The Labute approximate surface area is 68.6 Å². The number of benzene rings is 1. The van der Waals surface area contributed by atoms with Crippen LogP contribution < -0.4 is 0 Å². The number of rotatable bonds is 1. The maximum absolute atomic E-state index is 12.2. The first-order valence-corrected chi connectivity index (χ1v) is 3.66. The van der Waals surface area contributed by atoms with Crippen LogP contribution in [-0.4, -0.2) is 10.1 Å². The van der Waals surface area contributed by atoms with Gasteiger partial charge in [0.05, 0.1) is 0 Å². The number of aromatic nitrogens is 1. The first-order valence-electron chi connectivity index (χ1n) is 3.66. The van der Waals surface area contributed by atoms with Gasteiger partial charge in [0, 0.05) is 16.6 Å². The van der Waals surface area contributed by atoms with Gasteiger partial charge in [-0.2, -0.15) is 0 Å². The first-order chi connectivity index (χ1) is 5.79. The number of H-pyrrole nitrogens is 1. The average Bonchev–Trinajstić information content (AvgIpc) is 2.46. The molecule has 0 amide bonds. The lowest BCUT2D eigenvalue weighted by Gasteiger charge is -1.89. The summed E-state index contributed by atoms with van der Waals surface area (Å²) in [6.45, 7) is -0.505. The van der Waals surface area contributed by atoms with E-state index in [1.807, 2.05) is 0 Å². The summed E-state index contributed by atoms with van der Waals surface area (Å²) >= 11 is 0. The maximum Gasteiger partial charge on any atom is 0.129 e. The van der Waals surface area contributed by atoms with Crippen LogP contribution >= 0.6 is 0 Å². The second-order valence-corrected chi connectivity index (χ2v) is 2.70. The number of fused-ring (bicyclic) bond motifs is 1. The molecule has 0 bridgehead atoms. The molecule has 0 radical (unpaired) electrons. The Balaban J connectivity index is 2.67. The van der Waals surface area contributed by atoms with Gasteiger partial charge >= 0.3 is 0 Å². The van der Waals surface area contributed by atoms with Crippen LogP contribution in [0.25, 0.3) is 10.9 Å². The SMILES string of the molecule is Oc1ccc2[nH]c(CF)cc2c1. The standard InChI is InChI=1S/C9H8FNO/c10-5-7-3-6-4-8(12)1-2-9(6)11-7/h1-4,11-12H,5H2. The molecule has 2 aromatic rings. The highest BCUT2D eigenvalue weighted by atomic mass is 19.1. The average molecular weight is 165 g/mol. The van der Waals surface area contributed by atoms with Crippen LogP contribution in [0.3, 0.4) is 0 Å². The summed E-state index contributed by atoms with van der Waals surface area (Å²) in [5.41, 5.74) is 1.39. The van der Waals surface area contributed by atoms with Crippen molar-refractivity contribution in [3.8, 4) is 5.75 Å². The number of phenols is 1. The van der Waals surface area contributed by atoms with Crippen LogP contribution in [0.1, 0.15) is 5.69 Å². The lowest BCUT2D eigenvalue weighted by molar-refractivity contribution is 0.476. The van der Waals surface area contributed by atoms with Gasteiger partial charge in [-0.25, -0.2) is 4.39 Å². The largest absolute Gasteiger partial charge is 0.508 e. The van der Waals surface area contributed by atoms with Gasteiger partial charge in [0.2, 0.25) is 0 Å². The highest BCUT2D eigenvalue weighted by molar-refractivity contribution is 5.81. The molecule has 2 nitrogen and oxygen atoms in total. The van der Waals surface area contributed by atoms with Crippen LogP contribution in [0, 0.1) is 0 Å². The number of aromatic amines is 1. The van der Waals surface area contributed by atoms with Gasteiger partial charge in [-0.3, -0.25) is 0 Å². The summed E-state index contributed by atoms with van der Waals surface area (Å²) in [6.07, 6.45) is 0. The van der Waals surface area contributed by atoms with Crippen LogP contribution in [0.5, 0.6) is 5.75 Å². The number of phenolic OH excluding ortho intramolecular Hbond substituents is 1. The minimum Gasteiger partial charge on any atom is -0.508 e. The summed E-state index contributed by atoms with van der Waals surface area (Å²) in [5.74, 6) is 0.201. The van der Waals surface area contributed by atoms with Crippen LogP contribution in [-0.2, 0) is 6.67 Å². The van der Waals surface area contributed by atoms with Crippen LogP contribution in [0.4, 0.5) is 4.39 Å². The van der Waals surface area contributed by atoms with E-state index in [2.05, 4.69) is 4.98 Å². The molecular formula is C9H8FNO. The molecule has 0 aliphatic heterocycles. The van der Waals surface area contributed by atoms with Crippen molar-refractivity contribution in [2.75, 3.05) is 0 Å². The zero-order valence-corrected chi connectivity index (χ0v) is 6.34. The minimum absolute atomic E-state index is 0.201. The van der Waals surface area contributed by atoms with E-state index in [-0.39, 0.29) is 5.75 Å². The third kappa shape index (κ3) is 1.03. The zero-order chi connectivity index (χ0) is 8.55. The monoisotopic (exact) mass is 165 g/mol.